The van der Waals surface area contributed by atoms with E-state index in [0.29, 0.717) is 18.6 Å². The van der Waals surface area contributed by atoms with E-state index >= 15 is 0 Å². The van der Waals surface area contributed by atoms with Crippen LogP contribution in [0.25, 0.3) is 0 Å². The minimum absolute atomic E-state index is 0.287. The van der Waals surface area contributed by atoms with Gasteiger partial charge in [-0.05, 0) is 36.9 Å². The largest absolute Gasteiger partial charge is 0.412 e. The summed E-state index contributed by atoms with van der Waals surface area (Å²) in [7, 11) is -1.65. The van der Waals surface area contributed by atoms with Crippen molar-refractivity contribution < 1.29 is 4.43 Å². The summed E-state index contributed by atoms with van der Waals surface area (Å²) in [5.41, 5.74) is 5.95. The molecule has 2 N–H and O–H groups in total. The van der Waals surface area contributed by atoms with Crippen LogP contribution in [0.4, 0.5) is 0 Å². The van der Waals surface area contributed by atoms with Gasteiger partial charge in [-0.25, -0.2) is 0 Å². The molecule has 1 fully saturated rings. The summed E-state index contributed by atoms with van der Waals surface area (Å²) in [5.74, 6) is 0.711. The summed E-state index contributed by atoms with van der Waals surface area (Å²) in [6, 6.07) is 0. The lowest BCUT2D eigenvalue weighted by molar-refractivity contribution is 0.100. The van der Waals surface area contributed by atoms with Crippen molar-refractivity contribution in [1.82, 2.24) is 0 Å². The van der Waals surface area contributed by atoms with Crippen molar-refractivity contribution >= 4 is 8.32 Å². The van der Waals surface area contributed by atoms with Crippen LogP contribution in [0.1, 0.15) is 52.9 Å². The Hall–Kier alpha value is 0.137. The summed E-state index contributed by atoms with van der Waals surface area (Å²) in [6.45, 7) is 12.3. The molecule has 0 aromatic rings. The second-order valence-electron chi connectivity index (χ2n) is 7.05. The van der Waals surface area contributed by atoms with Gasteiger partial charge in [-0.15, -0.1) is 0 Å². The lowest BCUT2D eigenvalue weighted by atomic mass is 9.85. The van der Waals surface area contributed by atoms with Crippen molar-refractivity contribution in [3.8, 4) is 0 Å². The Kier molecular flexibility index (Phi) is 5.23. The first-order chi connectivity index (χ1) is 7.78. The zero-order chi connectivity index (χ0) is 13.1. The number of nitrogens with two attached hydrogens (primary N) is 1. The van der Waals surface area contributed by atoms with Crippen molar-refractivity contribution in [2.24, 2.45) is 11.7 Å². The number of hydrogen-bond acceptors (Lipinski definition) is 2. The molecule has 102 valence electrons. The van der Waals surface area contributed by atoms with Crippen molar-refractivity contribution in [2.45, 2.75) is 77.1 Å². The number of hydrogen-bond donors (Lipinski definition) is 1. The van der Waals surface area contributed by atoms with Gasteiger partial charge in [0.1, 0.15) is 0 Å². The quantitative estimate of drug-likeness (QED) is 0.775. The molecular weight excluding hydrogens is 226 g/mol. The molecule has 0 radical (unpaired) electrons. The van der Waals surface area contributed by atoms with E-state index in [9.17, 15) is 0 Å². The van der Waals surface area contributed by atoms with Crippen LogP contribution in [0.5, 0.6) is 0 Å². The van der Waals surface area contributed by atoms with Crippen LogP contribution in [0.2, 0.25) is 18.1 Å². The summed E-state index contributed by atoms with van der Waals surface area (Å²) in [5, 5.41) is 0.287. The molecule has 3 heteroatoms. The average Bonchev–Trinajstić information content (AvgIpc) is 2.25. The smallest absolute Gasteiger partial charge is 0.192 e. The first-order valence-corrected chi connectivity index (χ1v) is 10.1. The van der Waals surface area contributed by atoms with Gasteiger partial charge in [0.2, 0.25) is 0 Å². The molecule has 1 rings (SSSR count). The van der Waals surface area contributed by atoms with Gasteiger partial charge in [-0.2, -0.15) is 0 Å². The Bertz CT molecular complexity index is 229. The van der Waals surface area contributed by atoms with Crippen LogP contribution in [-0.4, -0.2) is 21.0 Å². The first-order valence-electron chi connectivity index (χ1n) is 7.16. The fraction of sp³-hybridized carbons (Fsp3) is 1.00. The van der Waals surface area contributed by atoms with E-state index in [1.54, 1.807) is 0 Å². The van der Waals surface area contributed by atoms with E-state index in [4.69, 9.17) is 10.2 Å². The molecule has 0 aliphatic heterocycles. The topological polar surface area (TPSA) is 35.2 Å². The summed E-state index contributed by atoms with van der Waals surface area (Å²) < 4.78 is 6.50. The Morgan fingerprint density at radius 3 is 2.12 bits per heavy atom. The zero-order valence-corrected chi connectivity index (χ0v) is 13.4. The van der Waals surface area contributed by atoms with E-state index in [1.165, 1.54) is 32.1 Å². The van der Waals surface area contributed by atoms with Gasteiger partial charge in [0.15, 0.2) is 8.32 Å². The van der Waals surface area contributed by atoms with Crippen molar-refractivity contribution in [3.63, 3.8) is 0 Å². The molecule has 0 saturated heterocycles. The predicted octanol–water partition coefficient (Wildman–Crippen LogP) is 3.92. The van der Waals surface area contributed by atoms with E-state index in [0.717, 1.165) is 0 Å². The first kappa shape index (κ1) is 15.2. The van der Waals surface area contributed by atoms with E-state index in [-0.39, 0.29) is 5.04 Å². The summed E-state index contributed by atoms with van der Waals surface area (Å²) >= 11 is 0. The second-order valence-corrected chi connectivity index (χ2v) is 11.8. The Morgan fingerprint density at radius 1 is 1.18 bits per heavy atom. The number of rotatable bonds is 4. The molecule has 1 unspecified atom stereocenters. The zero-order valence-electron chi connectivity index (χ0n) is 12.4. The van der Waals surface area contributed by atoms with Gasteiger partial charge in [0, 0.05) is 6.54 Å². The summed E-state index contributed by atoms with van der Waals surface area (Å²) in [6.07, 6.45) is 7.06. The van der Waals surface area contributed by atoms with Crippen LogP contribution < -0.4 is 5.73 Å². The van der Waals surface area contributed by atoms with Gasteiger partial charge < -0.3 is 10.2 Å². The third-order valence-corrected chi connectivity index (χ3v) is 9.16. The monoisotopic (exact) mass is 257 g/mol. The molecular formula is C14H31NOSi. The predicted molar refractivity (Wildman–Crippen MR) is 77.7 cm³/mol. The fourth-order valence-corrected chi connectivity index (χ4v) is 3.80. The van der Waals surface area contributed by atoms with Gasteiger partial charge in [0.25, 0.3) is 0 Å². The van der Waals surface area contributed by atoms with Crippen LogP contribution in [-0.2, 0) is 4.43 Å². The molecule has 1 saturated carbocycles. The molecule has 1 aliphatic rings. The fourth-order valence-electron chi connectivity index (χ4n) is 2.40. The van der Waals surface area contributed by atoms with Crippen molar-refractivity contribution in [2.75, 3.05) is 6.54 Å². The van der Waals surface area contributed by atoms with Crippen molar-refractivity contribution in [3.05, 3.63) is 0 Å². The highest BCUT2D eigenvalue weighted by Gasteiger charge is 2.40. The van der Waals surface area contributed by atoms with E-state index in [1.807, 2.05) is 0 Å². The van der Waals surface area contributed by atoms with Gasteiger partial charge >= 0.3 is 0 Å². The molecule has 0 bridgehead atoms. The minimum atomic E-state index is -1.65. The maximum Gasteiger partial charge on any atom is 0.192 e. The maximum atomic E-state index is 6.50. The third-order valence-electron chi connectivity index (χ3n) is 4.66. The molecule has 0 heterocycles. The molecule has 0 amide bonds. The van der Waals surface area contributed by atoms with Gasteiger partial charge in [-0.1, -0.05) is 40.0 Å². The standard InChI is InChI=1S/C14H31NOSi/c1-14(2,3)17(4,5)16-13(11-15)12-9-7-6-8-10-12/h12-13H,6-11,15H2,1-5H3. The molecule has 1 atom stereocenters. The van der Waals surface area contributed by atoms with E-state index < -0.39 is 8.32 Å². The van der Waals surface area contributed by atoms with Crippen molar-refractivity contribution in [1.29, 1.82) is 0 Å². The van der Waals surface area contributed by atoms with Crippen LogP contribution >= 0.6 is 0 Å². The van der Waals surface area contributed by atoms with Crippen LogP contribution in [0.15, 0.2) is 0 Å². The summed E-state index contributed by atoms with van der Waals surface area (Å²) in [4.78, 5) is 0. The van der Waals surface area contributed by atoms with Gasteiger partial charge in [0.05, 0.1) is 6.10 Å². The molecule has 0 aromatic carbocycles. The molecule has 0 aromatic heterocycles. The average molecular weight is 257 g/mol. The lowest BCUT2D eigenvalue weighted by Crippen LogP contribution is -2.48. The lowest BCUT2D eigenvalue weighted by Gasteiger charge is -2.42. The Balaban J connectivity index is 2.62. The Morgan fingerprint density at radius 2 is 1.71 bits per heavy atom. The Labute approximate surface area is 108 Å². The normalized spacial score (nSPS) is 21.5. The highest BCUT2D eigenvalue weighted by atomic mass is 28.4. The molecule has 1 aliphatic carbocycles. The van der Waals surface area contributed by atoms with E-state index in [2.05, 4.69) is 33.9 Å². The SMILES string of the molecule is CC(C)(C)[Si](C)(C)OC(CN)C1CCCCC1. The highest BCUT2D eigenvalue weighted by molar-refractivity contribution is 6.74. The maximum absolute atomic E-state index is 6.50. The second kappa shape index (κ2) is 5.85. The highest BCUT2D eigenvalue weighted by Crippen LogP contribution is 2.39. The minimum Gasteiger partial charge on any atom is -0.412 e. The van der Waals surface area contributed by atoms with Crippen LogP contribution in [0.3, 0.4) is 0 Å². The third kappa shape index (κ3) is 4.07. The molecule has 0 spiro atoms. The van der Waals surface area contributed by atoms with Crippen LogP contribution in [0, 0.1) is 5.92 Å². The molecule has 2 nitrogen and oxygen atoms in total. The molecule has 17 heavy (non-hydrogen) atoms. The van der Waals surface area contributed by atoms with Gasteiger partial charge in [-0.3, -0.25) is 0 Å².